The molecule has 0 unspecified atom stereocenters. The van der Waals surface area contributed by atoms with Crippen molar-refractivity contribution in [1.29, 1.82) is 0 Å². The second-order valence-corrected chi connectivity index (χ2v) is 3.16. The molecule has 0 heteroatoms. The molecule has 0 aromatic rings. The van der Waals surface area contributed by atoms with Gasteiger partial charge in [-0.15, -0.1) is 0 Å². The zero-order valence-electron chi connectivity index (χ0n) is 6.62. The first-order valence-corrected chi connectivity index (χ1v) is 2.85. The predicted octanol–water partition coefficient (Wildman–Crippen LogP) is 2.83. The number of rotatable bonds is 1. The van der Waals surface area contributed by atoms with Gasteiger partial charge in [0, 0.05) is 1.37 Å². The molecule has 0 aromatic carbocycles. The lowest BCUT2D eigenvalue weighted by Crippen LogP contribution is -2.02. The molecule has 0 radical (unpaired) electrons. The Morgan fingerprint density at radius 3 is 2.14 bits per heavy atom. The molecule has 0 fully saturated rings. The van der Waals surface area contributed by atoms with E-state index in [9.17, 15) is 0 Å². The van der Waals surface area contributed by atoms with Crippen LogP contribution >= 0.6 is 0 Å². The second-order valence-electron chi connectivity index (χ2n) is 3.16. The van der Waals surface area contributed by atoms with E-state index >= 15 is 0 Å². The third kappa shape index (κ3) is 6.00. The molecule has 0 amide bonds. The van der Waals surface area contributed by atoms with E-state index in [0.717, 1.165) is 6.42 Å². The Morgan fingerprint density at radius 1 is 1.43 bits per heavy atom. The minimum atomic E-state index is 0.432. The van der Waals surface area contributed by atoms with E-state index in [1.54, 1.807) is 0 Å². The molecule has 44 valence electrons. The maximum absolute atomic E-state index is 6.88. The third-order valence-electron chi connectivity index (χ3n) is 0.927. The van der Waals surface area contributed by atoms with E-state index in [0.29, 0.717) is 12.3 Å². The Hall–Kier alpha value is 0. The molecule has 0 heterocycles. The quantitative estimate of drug-likeness (QED) is 0.476. The van der Waals surface area contributed by atoms with Crippen LogP contribution in [0.2, 0.25) is 0 Å². The summed E-state index contributed by atoms with van der Waals surface area (Å²) in [6.45, 7) is 7.21. The van der Waals surface area contributed by atoms with E-state index < -0.39 is 0 Å². The summed E-state index contributed by atoms with van der Waals surface area (Å²) in [5, 5.41) is 0. The van der Waals surface area contributed by atoms with Gasteiger partial charge in [-0.05, 0) is 11.8 Å². The van der Waals surface area contributed by atoms with Gasteiger partial charge in [0.05, 0.1) is 0 Å². The van der Waals surface area contributed by atoms with Crippen molar-refractivity contribution in [2.75, 3.05) is 0 Å². The Morgan fingerprint density at radius 2 is 2.00 bits per heavy atom. The highest BCUT2D eigenvalue weighted by molar-refractivity contribution is 4.58. The van der Waals surface area contributed by atoms with E-state index in [2.05, 4.69) is 20.8 Å². The van der Waals surface area contributed by atoms with Crippen LogP contribution in [0.1, 0.15) is 41.9 Å². The van der Waals surface area contributed by atoms with Crippen LogP contribution < -0.4 is 0 Å². The third-order valence-corrected chi connectivity index (χ3v) is 0.927. The summed E-state index contributed by atoms with van der Waals surface area (Å²) in [7, 11) is 0. The van der Waals surface area contributed by atoms with Gasteiger partial charge in [0.15, 0.2) is 0 Å². The standard InChI is InChI=1S/C7H16/c1-5-6-7(2,3)4/h5-6H2,1-4H3/i1D. The predicted molar refractivity (Wildman–Crippen MR) is 34.4 cm³/mol. The number of hydrogen-bond acceptors (Lipinski definition) is 0. The van der Waals surface area contributed by atoms with Crippen LogP contribution in [0.25, 0.3) is 0 Å². The Bertz CT molecular complexity index is 51.9. The molecule has 0 aliphatic heterocycles. The summed E-state index contributed by atoms with van der Waals surface area (Å²) in [4.78, 5) is 0. The molecule has 0 atom stereocenters. The molecule has 0 saturated heterocycles. The van der Waals surface area contributed by atoms with Crippen molar-refractivity contribution in [3.8, 4) is 0 Å². The second kappa shape index (κ2) is 2.34. The minimum Gasteiger partial charge on any atom is -0.0654 e. The van der Waals surface area contributed by atoms with Gasteiger partial charge in [0.25, 0.3) is 0 Å². The molecule has 0 bridgehead atoms. The van der Waals surface area contributed by atoms with E-state index in [-0.39, 0.29) is 0 Å². The van der Waals surface area contributed by atoms with Gasteiger partial charge < -0.3 is 0 Å². The number of hydrogen-bond donors (Lipinski definition) is 0. The van der Waals surface area contributed by atoms with Gasteiger partial charge in [-0.3, -0.25) is 0 Å². The molecule has 0 aliphatic rings. The fourth-order valence-electron chi connectivity index (χ4n) is 0.530. The average molecular weight is 101 g/mol. The largest absolute Gasteiger partial charge is 0.0654 e. The molecule has 7 heavy (non-hydrogen) atoms. The van der Waals surface area contributed by atoms with Crippen molar-refractivity contribution in [2.45, 2.75) is 40.5 Å². The summed E-state index contributed by atoms with van der Waals surface area (Å²) in [6, 6.07) is 0. The lowest BCUT2D eigenvalue weighted by Gasteiger charge is -2.15. The van der Waals surface area contributed by atoms with Crippen LogP contribution in [-0.4, -0.2) is 0 Å². The summed E-state index contributed by atoms with van der Waals surface area (Å²) in [5.41, 5.74) is 0.432. The molecule has 0 nitrogen and oxygen atoms in total. The van der Waals surface area contributed by atoms with Crippen LogP contribution in [0.4, 0.5) is 0 Å². The van der Waals surface area contributed by atoms with E-state index in [4.69, 9.17) is 1.37 Å². The van der Waals surface area contributed by atoms with Crippen molar-refractivity contribution in [3.05, 3.63) is 0 Å². The van der Waals surface area contributed by atoms with Gasteiger partial charge in [0.2, 0.25) is 0 Å². The molecular weight excluding hydrogens is 84.1 g/mol. The smallest absolute Gasteiger partial charge is 0.0230 e. The topological polar surface area (TPSA) is 0 Å². The molecular formula is C7H16. The molecule has 0 rings (SSSR count). The van der Waals surface area contributed by atoms with Crippen LogP contribution in [-0.2, 0) is 0 Å². The zero-order valence-corrected chi connectivity index (χ0v) is 5.62. The summed E-state index contributed by atoms with van der Waals surface area (Å²) in [6.07, 6.45) is 2.22. The van der Waals surface area contributed by atoms with Gasteiger partial charge >= 0.3 is 0 Å². The highest BCUT2D eigenvalue weighted by Gasteiger charge is 2.06. The van der Waals surface area contributed by atoms with E-state index in [1.165, 1.54) is 6.42 Å². The Labute approximate surface area is 48.3 Å². The first-order chi connectivity index (χ1) is 3.56. The van der Waals surface area contributed by atoms with Crippen molar-refractivity contribution >= 4 is 0 Å². The Kier molecular flexibility index (Phi) is 1.72. The summed E-state index contributed by atoms with van der Waals surface area (Å²) in [5.74, 6) is 0. The normalized spacial score (nSPS) is 13.9. The molecule has 0 saturated carbocycles. The van der Waals surface area contributed by atoms with Gasteiger partial charge in [-0.2, -0.15) is 0 Å². The zero-order chi connectivity index (χ0) is 6.62. The monoisotopic (exact) mass is 101 g/mol. The fourth-order valence-corrected chi connectivity index (χ4v) is 0.530. The van der Waals surface area contributed by atoms with Crippen molar-refractivity contribution in [2.24, 2.45) is 5.41 Å². The van der Waals surface area contributed by atoms with Gasteiger partial charge in [0.1, 0.15) is 0 Å². The van der Waals surface area contributed by atoms with Gasteiger partial charge in [-0.25, -0.2) is 0 Å². The lowest BCUT2D eigenvalue weighted by atomic mass is 9.91. The molecule has 0 aliphatic carbocycles. The fraction of sp³-hybridized carbons (Fsp3) is 1.00. The SMILES string of the molecule is [2H]CCCC(C)(C)C. The van der Waals surface area contributed by atoms with Gasteiger partial charge in [-0.1, -0.05) is 34.1 Å². The van der Waals surface area contributed by atoms with Crippen LogP contribution in [0, 0.1) is 5.41 Å². The summed E-state index contributed by atoms with van der Waals surface area (Å²) < 4.78 is 6.88. The van der Waals surface area contributed by atoms with Crippen molar-refractivity contribution < 1.29 is 1.37 Å². The first kappa shape index (κ1) is 5.14. The molecule has 0 spiro atoms. The lowest BCUT2D eigenvalue weighted by molar-refractivity contribution is 0.373. The summed E-state index contributed by atoms with van der Waals surface area (Å²) >= 11 is 0. The maximum atomic E-state index is 6.88. The Balaban J connectivity index is 3.11. The average Bonchev–Trinajstić information content (AvgIpc) is 1.59. The van der Waals surface area contributed by atoms with Crippen molar-refractivity contribution in [3.63, 3.8) is 0 Å². The van der Waals surface area contributed by atoms with Crippen LogP contribution in [0.3, 0.4) is 0 Å². The van der Waals surface area contributed by atoms with Crippen LogP contribution in [0.15, 0.2) is 0 Å². The highest BCUT2D eigenvalue weighted by Crippen LogP contribution is 2.19. The van der Waals surface area contributed by atoms with Crippen molar-refractivity contribution in [1.82, 2.24) is 0 Å². The van der Waals surface area contributed by atoms with Crippen LogP contribution in [0.5, 0.6) is 0 Å². The molecule has 0 N–H and O–H groups in total. The van der Waals surface area contributed by atoms with E-state index in [1.807, 2.05) is 0 Å². The maximum Gasteiger partial charge on any atom is 0.0230 e. The first-order valence-electron chi connectivity index (χ1n) is 3.56. The molecule has 0 aromatic heterocycles. The minimum absolute atomic E-state index is 0.432. The highest BCUT2D eigenvalue weighted by atomic mass is 14.1.